The zero-order valence-corrected chi connectivity index (χ0v) is 9.42. The van der Waals surface area contributed by atoms with Crippen LogP contribution in [0.4, 0.5) is 5.69 Å². The first-order valence-corrected chi connectivity index (χ1v) is 5.54. The van der Waals surface area contributed by atoms with E-state index in [1.807, 2.05) is 0 Å². The molecule has 0 atom stereocenters. The molecule has 7 nitrogen and oxygen atoms in total. The summed E-state index contributed by atoms with van der Waals surface area (Å²) in [5.41, 5.74) is -0.180. The maximum Gasteiger partial charge on any atom is 0.286 e. The van der Waals surface area contributed by atoms with Crippen molar-refractivity contribution in [1.29, 1.82) is 0 Å². The van der Waals surface area contributed by atoms with E-state index in [1.54, 1.807) is 4.90 Å². The Kier molecular flexibility index (Phi) is 2.32. The quantitative estimate of drug-likeness (QED) is 0.581. The number of nitrogens with zero attached hydrogens (tertiary/aromatic N) is 2. The first kappa shape index (κ1) is 10.8. The van der Waals surface area contributed by atoms with Crippen molar-refractivity contribution in [1.82, 2.24) is 4.90 Å². The molecule has 7 heteroatoms. The second-order valence-electron chi connectivity index (χ2n) is 4.13. The average Bonchev–Trinajstić information content (AvgIpc) is 2.71. The fourth-order valence-corrected chi connectivity index (χ4v) is 1.94. The molecule has 2 aliphatic heterocycles. The molecule has 0 aliphatic carbocycles. The van der Waals surface area contributed by atoms with Gasteiger partial charge in [-0.2, -0.15) is 0 Å². The third-order valence-electron chi connectivity index (χ3n) is 3.06. The van der Waals surface area contributed by atoms with Crippen molar-refractivity contribution in [2.24, 2.45) is 0 Å². The highest BCUT2D eigenvalue weighted by atomic mass is 16.7. The number of hydrogen-bond acceptors (Lipinski definition) is 5. The fourth-order valence-electron chi connectivity index (χ4n) is 1.94. The molecule has 3 rings (SSSR count). The Bertz CT molecular complexity index is 538. The summed E-state index contributed by atoms with van der Waals surface area (Å²) >= 11 is 0. The summed E-state index contributed by atoms with van der Waals surface area (Å²) in [6.45, 7) is 1.31. The van der Waals surface area contributed by atoms with E-state index < -0.39 is 4.92 Å². The predicted molar refractivity (Wildman–Crippen MR) is 59.7 cm³/mol. The molecule has 0 N–H and O–H groups in total. The maximum atomic E-state index is 12.1. The Balaban J connectivity index is 2.05. The molecule has 0 spiro atoms. The van der Waals surface area contributed by atoms with Crippen LogP contribution in [0.15, 0.2) is 12.1 Å². The van der Waals surface area contributed by atoms with Gasteiger partial charge in [0.2, 0.25) is 6.79 Å². The van der Waals surface area contributed by atoms with Gasteiger partial charge in [-0.05, 0) is 6.42 Å². The number of fused-ring (bicyclic) bond motifs is 1. The summed E-state index contributed by atoms with van der Waals surface area (Å²) in [7, 11) is 0. The molecule has 2 heterocycles. The van der Waals surface area contributed by atoms with Gasteiger partial charge in [0.25, 0.3) is 11.6 Å². The number of nitro groups is 1. The third kappa shape index (κ3) is 1.55. The van der Waals surface area contributed by atoms with Crippen LogP contribution in [0.2, 0.25) is 0 Å². The van der Waals surface area contributed by atoms with Crippen LogP contribution in [0.1, 0.15) is 16.8 Å². The molecule has 0 unspecified atom stereocenters. The lowest BCUT2D eigenvalue weighted by atomic mass is 10.1. The number of nitro benzene ring substituents is 1. The largest absolute Gasteiger partial charge is 0.454 e. The van der Waals surface area contributed by atoms with Crippen LogP contribution in [-0.2, 0) is 0 Å². The number of carbonyl (C=O) groups excluding carboxylic acids is 1. The summed E-state index contributed by atoms with van der Waals surface area (Å²) in [4.78, 5) is 24.1. The number of carbonyl (C=O) groups is 1. The Hall–Kier alpha value is -2.31. The minimum absolute atomic E-state index is 0.0217. The third-order valence-corrected chi connectivity index (χ3v) is 3.06. The standard InChI is InChI=1S/C11H10N2O5/c14-11(12-2-1-3-12)7-4-9-10(18-6-17-9)5-8(7)13(15)16/h4-5H,1-3,6H2. The van der Waals surface area contributed by atoms with Crippen molar-refractivity contribution in [3.63, 3.8) is 0 Å². The minimum Gasteiger partial charge on any atom is -0.454 e. The Morgan fingerprint density at radius 3 is 2.50 bits per heavy atom. The zero-order chi connectivity index (χ0) is 12.7. The number of likely N-dealkylation sites (tertiary alicyclic amines) is 1. The molecule has 0 radical (unpaired) electrons. The van der Waals surface area contributed by atoms with Crippen LogP contribution in [0.5, 0.6) is 11.5 Å². The highest BCUT2D eigenvalue weighted by Crippen LogP contribution is 2.38. The summed E-state index contributed by atoms with van der Waals surface area (Å²) < 4.78 is 10.2. The van der Waals surface area contributed by atoms with E-state index in [-0.39, 0.29) is 24.0 Å². The summed E-state index contributed by atoms with van der Waals surface area (Å²) in [5.74, 6) is 0.359. The van der Waals surface area contributed by atoms with E-state index in [0.29, 0.717) is 24.6 Å². The van der Waals surface area contributed by atoms with E-state index in [2.05, 4.69) is 0 Å². The van der Waals surface area contributed by atoms with Gasteiger partial charge in [-0.25, -0.2) is 0 Å². The highest BCUT2D eigenvalue weighted by Gasteiger charge is 2.31. The van der Waals surface area contributed by atoms with E-state index in [4.69, 9.17) is 9.47 Å². The Morgan fingerprint density at radius 2 is 1.94 bits per heavy atom. The molecule has 0 saturated carbocycles. The van der Waals surface area contributed by atoms with Crippen molar-refractivity contribution in [2.75, 3.05) is 19.9 Å². The lowest BCUT2D eigenvalue weighted by molar-refractivity contribution is -0.385. The van der Waals surface area contributed by atoms with Gasteiger partial charge >= 0.3 is 0 Å². The molecule has 2 aliphatic rings. The minimum atomic E-state index is -0.574. The van der Waals surface area contributed by atoms with Crippen molar-refractivity contribution in [3.8, 4) is 11.5 Å². The van der Waals surface area contributed by atoms with Gasteiger partial charge in [0.05, 0.1) is 11.0 Å². The summed E-state index contributed by atoms with van der Waals surface area (Å²) in [5, 5.41) is 11.0. The van der Waals surface area contributed by atoms with Crippen molar-refractivity contribution >= 4 is 11.6 Å². The smallest absolute Gasteiger partial charge is 0.286 e. The number of ether oxygens (including phenoxy) is 2. The second kappa shape index (κ2) is 3.86. The van der Waals surface area contributed by atoms with Crippen molar-refractivity contribution in [3.05, 3.63) is 27.8 Å². The normalized spacial score (nSPS) is 16.3. The molecule has 0 aromatic heterocycles. The molecule has 18 heavy (non-hydrogen) atoms. The molecule has 1 fully saturated rings. The number of benzene rings is 1. The molecule has 1 saturated heterocycles. The molecule has 1 aromatic rings. The first-order valence-electron chi connectivity index (χ1n) is 5.54. The van der Waals surface area contributed by atoms with E-state index in [0.717, 1.165) is 6.42 Å². The van der Waals surface area contributed by atoms with Gasteiger partial charge < -0.3 is 14.4 Å². The van der Waals surface area contributed by atoms with Gasteiger partial charge in [-0.3, -0.25) is 14.9 Å². The fraction of sp³-hybridized carbons (Fsp3) is 0.364. The Labute approximate surface area is 102 Å². The van der Waals surface area contributed by atoms with E-state index >= 15 is 0 Å². The van der Waals surface area contributed by atoms with Crippen LogP contribution in [0.3, 0.4) is 0 Å². The van der Waals surface area contributed by atoms with Crippen LogP contribution >= 0.6 is 0 Å². The van der Waals surface area contributed by atoms with Gasteiger partial charge in [0.1, 0.15) is 5.56 Å². The van der Waals surface area contributed by atoms with Crippen molar-refractivity contribution in [2.45, 2.75) is 6.42 Å². The van der Waals surface area contributed by atoms with Gasteiger partial charge in [-0.15, -0.1) is 0 Å². The number of hydrogen-bond donors (Lipinski definition) is 0. The van der Waals surface area contributed by atoms with Crippen LogP contribution in [-0.4, -0.2) is 35.6 Å². The van der Waals surface area contributed by atoms with Gasteiger partial charge in [0, 0.05) is 19.2 Å². The van der Waals surface area contributed by atoms with Crippen LogP contribution in [0, 0.1) is 10.1 Å². The van der Waals surface area contributed by atoms with Crippen molar-refractivity contribution < 1.29 is 19.2 Å². The van der Waals surface area contributed by atoms with Crippen LogP contribution in [0.25, 0.3) is 0 Å². The molecule has 1 amide bonds. The highest BCUT2D eigenvalue weighted by molar-refractivity contribution is 5.99. The lowest BCUT2D eigenvalue weighted by Gasteiger charge is -2.30. The SMILES string of the molecule is O=C(c1cc2c(cc1[N+](=O)[O-])OCO2)N1CCC1. The lowest BCUT2D eigenvalue weighted by Crippen LogP contribution is -2.42. The summed E-state index contributed by atoms with van der Waals surface area (Å²) in [6.07, 6.45) is 0.935. The molecule has 1 aromatic carbocycles. The topological polar surface area (TPSA) is 81.9 Å². The van der Waals surface area contributed by atoms with Gasteiger partial charge in [0.15, 0.2) is 11.5 Å². The number of rotatable bonds is 2. The Morgan fingerprint density at radius 1 is 1.28 bits per heavy atom. The second-order valence-corrected chi connectivity index (χ2v) is 4.13. The molecule has 0 bridgehead atoms. The predicted octanol–water partition coefficient (Wildman–Crippen LogP) is 1.17. The maximum absolute atomic E-state index is 12.1. The van der Waals surface area contributed by atoms with E-state index in [1.165, 1.54) is 12.1 Å². The number of amides is 1. The van der Waals surface area contributed by atoms with E-state index in [9.17, 15) is 14.9 Å². The van der Waals surface area contributed by atoms with Gasteiger partial charge in [-0.1, -0.05) is 0 Å². The first-order chi connectivity index (χ1) is 8.66. The molecular weight excluding hydrogens is 240 g/mol. The monoisotopic (exact) mass is 250 g/mol. The molecular formula is C11H10N2O5. The average molecular weight is 250 g/mol. The summed E-state index contributed by atoms with van der Waals surface area (Å²) in [6, 6.07) is 2.64. The van der Waals surface area contributed by atoms with Crippen LogP contribution < -0.4 is 9.47 Å². The zero-order valence-electron chi connectivity index (χ0n) is 9.42. The molecule has 94 valence electrons.